The molecule has 1 heterocycles. The van der Waals surface area contributed by atoms with Crippen molar-refractivity contribution in [3.05, 3.63) is 81.1 Å². The molecule has 0 radical (unpaired) electrons. The number of nitrogens with one attached hydrogen (secondary N) is 2. The van der Waals surface area contributed by atoms with Crippen LogP contribution in [0.2, 0.25) is 0 Å². The minimum atomic E-state index is -0.380. The predicted octanol–water partition coefficient (Wildman–Crippen LogP) is 5.63. The number of anilines is 1. The van der Waals surface area contributed by atoms with E-state index in [1.54, 1.807) is 6.21 Å². The highest BCUT2D eigenvalue weighted by molar-refractivity contribution is 9.10. The Morgan fingerprint density at radius 2 is 1.64 bits per heavy atom. The average Bonchev–Trinajstić information content (AvgIpc) is 2.85. The van der Waals surface area contributed by atoms with Crippen LogP contribution in [0, 0.1) is 27.7 Å². The number of carbonyl (C=O) groups is 1. The lowest BCUT2D eigenvalue weighted by molar-refractivity contribution is 0.252. The highest BCUT2D eigenvalue weighted by Gasteiger charge is 2.15. The predicted molar refractivity (Wildman–Crippen MR) is 119 cm³/mol. The molecule has 0 saturated heterocycles. The number of hydrogen-bond donors (Lipinski definition) is 2. The summed E-state index contributed by atoms with van der Waals surface area (Å²) in [5.41, 5.74) is 9.58. The second-order valence-corrected chi connectivity index (χ2v) is 7.56. The SMILES string of the molecule is Cc1cc(C)cc(NC(=O)N/N=C/c2c(Br)c(C)n(-c3ccccc3)c2C)c1. The molecule has 0 spiro atoms. The normalized spacial score (nSPS) is 11.0. The Morgan fingerprint density at radius 1 is 1.00 bits per heavy atom. The molecule has 6 heteroatoms. The van der Waals surface area contributed by atoms with Crippen molar-refractivity contribution >= 4 is 33.9 Å². The first kappa shape index (κ1) is 19.9. The molecule has 2 N–H and O–H groups in total. The highest BCUT2D eigenvalue weighted by Crippen LogP contribution is 2.29. The van der Waals surface area contributed by atoms with Gasteiger partial charge in [-0.3, -0.25) is 0 Å². The van der Waals surface area contributed by atoms with Gasteiger partial charge in [-0.1, -0.05) is 24.3 Å². The lowest BCUT2D eigenvalue weighted by Crippen LogP contribution is -2.24. The standard InChI is InChI=1S/C22H23BrN4O/c1-14-10-15(2)12-18(11-14)25-22(28)26-24-13-20-16(3)27(17(4)21(20)23)19-8-6-5-7-9-19/h5-13H,1-4H3,(H2,25,26,28)/b24-13+. The fourth-order valence-electron chi connectivity index (χ4n) is 3.30. The first-order chi connectivity index (χ1) is 13.4. The number of benzene rings is 2. The van der Waals surface area contributed by atoms with Gasteiger partial charge in [0, 0.05) is 32.8 Å². The number of nitrogens with zero attached hydrogens (tertiary/aromatic N) is 2. The minimum Gasteiger partial charge on any atom is -0.317 e. The van der Waals surface area contributed by atoms with Crippen LogP contribution in [0.15, 0.2) is 58.1 Å². The van der Waals surface area contributed by atoms with Crippen molar-refractivity contribution < 1.29 is 4.79 Å². The van der Waals surface area contributed by atoms with Gasteiger partial charge in [0.2, 0.25) is 0 Å². The van der Waals surface area contributed by atoms with Crippen LogP contribution in [0.5, 0.6) is 0 Å². The molecule has 2 amide bonds. The summed E-state index contributed by atoms with van der Waals surface area (Å²) < 4.78 is 3.11. The number of carbonyl (C=O) groups excluding carboxylic acids is 1. The van der Waals surface area contributed by atoms with Crippen LogP contribution in [0.3, 0.4) is 0 Å². The number of amides is 2. The van der Waals surface area contributed by atoms with Crippen molar-refractivity contribution in [3.63, 3.8) is 0 Å². The van der Waals surface area contributed by atoms with Crippen LogP contribution < -0.4 is 10.7 Å². The molecule has 0 aliphatic rings. The van der Waals surface area contributed by atoms with Gasteiger partial charge in [0.15, 0.2) is 0 Å². The third-order valence-electron chi connectivity index (χ3n) is 4.47. The van der Waals surface area contributed by atoms with Gasteiger partial charge in [-0.15, -0.1) is 0 Å². The average molecular weight is 439 g/mol. The van der Waals surface area contributed by atoms with Crippen molar-refractivity contribution in [3.8, 4) is 5.69 Å². The summed E-state index contributed by atoms with van der Waals surface area (Å²) in [6, 6.07) is 15.6. The molecule has 3 rings (SSSR count). The maximum absolute atomic E-state index is 12.1. The molecule has 3 aromatic rings. The monoisotopic (exact) mass is 438 g/mol. The van der Waals surface area contributed by atoms with E-state index in [1.807, 2.05) is 58.0 Å². The van der Waals surface area contributed by atoms with E-state index < -0.39 is 0 Å². The van der Waals surface area contributed by atoms with Crippen LogP contribution >= 0.6 is 15.9 Å². The minimum absolute atomic E-state index is 0.380. The van der Waals surface area contributed by atoms with Gasteiger partial charge in [0.1, 0.15) is 0 Å². The molecule has 5 nitrogen and oxygen atoms in total. The number of aromatic nitrogens is 1. The third kappa shape index (κ3) is 4.34. The third-order valence-corrected chi connectivity index (χ3v) is 5.47. The maximum Gasteiger partial charge on any atom is 0.339 e. The molecule has 28 heavy (non-hydrogen) atoms. The summed E-state index contributed by atoms with van der Waals surface area (Å²) in [7, 11) is 0. The number of hydrazone groups is 1. The lowest BCUT2D eigenvalue weighted by atomic mass is 10.1. The number of rotatable bonds is 4. The van der Waals surface area contributed by atoms with Gasteiger partial charge in [0.25, 0.3) is 0 Å². The quantitative estimate of drug-likeness (QED) is 0.402. The molecule has 0 bridgehead atoms. The van der Waals surface area contributed by atoms with Gasteiger partial charge in [-0.2, -0.15) is 5.10 Å². The zero-order valence-electron chi connectivity index (χ0n) is 16.4. The summed E-state index contributed by atoms with van der Waals surface area (Å²) in [6.07, 6.45) is 1.66. The molecule has 0 unspecified atom stereocenters. The molecule has 2 aromatic carbocycles. The summed E-state index contributed by atoms with van der Waals surface area (Å²) in [5, 5.41) is 6.92. The lowest BCUT2D eigenvalue weighted by Gasteiger charge is -2.09. The van der Waals surface area contributed by atoms with Crippen LogP contribution in [0.25, 0.3) is 5.69 Å². The number of para-hydroxylation sites is 1. The Labute approximate surface area is 173 Å². The van der Waals surface area contributed by atoms with Crippen LogP contribution in [-0.4, -0.2) is 16.8 Å². The Kier molecular flexibility index (Phi) is 5.99. The summed E-state index contributed by atoms with van der Waals surface area (Å²) in [5.74, 6) is 0. The number of halogens is 1. The van der Waals surface area contributed by atoms with Crippen LogP contribution in [-0.2, 0) is 0 Å². The molecule has 1 aromatic heterocycles. The van der Waals surface area contributed by atoms with Crippen molar-refractivity contribution in [1.29, 1.82) is 0 Å². The first-order valence-corrected chi connectivity index (χ1v) is 9.77. The van der Waals surface area contributed by atoms with E-state index in [2.05, 4.69) is 54.5 Å². The zero-order chi connectivity index (χ0) is 20.3. The Morgan fingerprint density at radius 3 is 2.29 bits per heavy atom. The van der Waals surface area contributed by atoms with E-state index in [4.69, 9.17) is 0 Å². The van der Waals surface area contributed by atoms with E-state index in [0.717, 1.165) is 43.9 Å². The second kappa shape index (κ2) is 8.44. The van der Waals surface area contributed by atoms with Gasteiger partial charge in [-0.05, 0) is 79.0 Å². The smallest absolute Gasteiger partial charge is 0.317 e. The van der Waals surface area contributed by atoms with Crippen molar-refractivity contribution in [2.24, 2.45) is 5.10 Å². The zero-order valence-corrected chi connectivity index (χ0v) is 18.0. The molecule has 0 fully saturated rings. The van der Waals surface area contributed by atoms with E-state index >= 15 is 0 Å². The Hall–Kier alpha value is -2.86. The van der Waals surface area contributed by atoms with E-state index in [9.17, 15) is 4.79 Å². The van der Waals surface area contributed by atoms with Gasteiger partial charge < -0.3 is 9.88 Å². The molecule has 144 valence electrons. The second-order valence-electron chi connectivity index (χ2n) is 6.77. The highest BCUT2D eigenvalue weighted by atomic mass is 79.9. The van der Waals surface area contributed by atoms with Crippen molar-refractivity contribution in [1.82, 2.24) is 9.99 Å². The number of aryl methyl sites for hydroxylation is 2. The van der Waals surface area contributed by atoms with Gasteiger partial charge >= 0.3 is 6.03 Å². The molecular weight excluding hydrogens is 416 g/mol. The Bertz CT molecular complexity index is 1020. The van der Waals surface area contributed by atoms with Gasteiger partial charge in [-0.25, -0.2) is 10.2 Å². The van der Waals surface area contributed by atoms with Crippen molar-refractivity contribution in [2.45, 2.75) is 27.7 Å². The van der Waals surface area contributed by atoms with Crippen molar-refractivity contribution in [2.75, 3.05) is 5.32 Å². The van der Waals surface area contributed by atoms with E-state index in [-0.39, 0.29) is 6.03 Å². The molecule has 0 atom stereocenters. The summed E-state index contributed by atoms with van der Waals surface area (Å²) >= 11 is 3.65. The molecular formula is C22H23BrN4O. The van der Waals surface area contributed by atoms with Crippen LogP contribution in [0.1, 0.15) is 28.1 Å². The topological polar surface area (TPSA) is 58.4 Å². The fraction of sp³-hybridized carbons (Fsp3) is 0.182. The number of urea groups is 1. The number of hydrogen-bond acceptors (Lipinski definition) is 2. The Balaban J connectivity index is 1.75. The van der Waals surface area contributed by atoms with Gasteiger partial charge in [0.05, 0.1) is 6.21 Å². The maximum atomic E-state index is 12.1. The first-order valence-electron chi connectivity index (χ1n) is 8.98. The molecule has 0 aliphatic heterocycles. The summed E-state index contributed by atoms with van der Waals surface area (Å²) in [4.78, 5) is 12.1. The van der Waals surface area contributed by atoms with Crippen LogP contribution in [0.4, 0.5) is 10.5 Å². The largest absolute Gasteiger partial charge is 0.339 e. The van der Waals surface area contributed by atoms with E-state index in [0.29, 0.717) is 0 Å². The molecule has 0 aliphatic carbocycles. The molecule has 0 saturated carbocycles. The van der Waals surface area contributed by atoms with E-state index in [1.165, 1.54) is 0 Å². The fourth-order valence-corrected chi connectivity index (χ4v) is 3.87. The summed E-state index contributed by atoms with van der Waals surface area (Å²) in [6.45, 7) is 8.06.